The number of fused-ring (bicyclic) bond motifs is 1. The lowest BCUT2D eigenvalue weighted by molar-refractivity contribution is -0.113. The van der Waals surface area contributed by atoms with Crippen LogP contribution in [0.2, 0.25) is 0 Å². The average molecular weight is 478 g/mol. The highest BCUT2D eigenvalue weighted by atomic mass is 16.5. The minimum atomic E-state index is -0.460. The van der Waals surface area contributed by atoms with Crippen LogP contribution < -0.4 is 5.32 Å². The van der Waals surface area contributed by atoms with Crippen LogP contribution in [0.4, 0.5) is 10.5 Å². The van der Waals surface area contributed by atoms with E-state index in [1.807, 2.05) is 48.5 Å². The fourth-order valence-electron chi connectivity index (χ4n) is 4.18. The Morgan fingerprint density at radius 3 is 2.58 bits per heavy atom. The second-order valence-corrected chi connectivity index (χ2v) is 8.50. The molecule has 3 aromatic carbocycles. The largest absolute Gasteiger partial charge is 0.431 e. The van der Waals surface area contributed by atoms with Crippen LogP contribution >= 0.6 is 0 Å². The summed E-state index contributed by atoms with van der Waals surface area (Å²) >= 11 is 0. The van der Waals surface area contributed by atoms with E-state index in [1.165, 1.54) is 11.8 Å². The summed E-state index contributed by atoms with van der Waals surface area (Å²) in [6.45, 7) is 0.984. The first-order chi connectivity index (χ1) is 17.6. The number of nitrogens with one attached hydrogen (secondary N) is 1. The van der Waals surface area contributed by atoms with Crippen molar-refractivity contribution in [2.75, 3.05) is 18.4 Å². The lowest BCUT2D eigenvalue weighted by Gasteiger charge is -2.21. The van der Waals surface area contributed by atoms with Gasteiger partial charge in [0.05, 0.1) is 11.6 Å². The number of benzene rings is 3. The molecule has 178 valence electrons. The number of nitriles is 1. The molecule has 1 N–H and O–H groups in total. The molecule has 5 rings (SSSR count). The van der Waals surface area contributed by atoms with Gasteiger partial charge in [0.15, 0.2) is 0 Å². The summed E-state index contributed by atoms with van der Waals surface area (Å²) in [7, 11) is 0. The number of hydrogen-bond acceptors (Lipinski definition) is 5. The summed E-state index contributed by atoms with van der Waals surface area (Å²) in [5.41, 5.74) is 4.57. The van der Waals surface area contributed by atoms with Gasteiger partial charge >= 0.3 is 12.1 Å². The number of ether oxygens (including phenoxy) is 1. The molecule has 36 heavy (non-hydrogen) atoms. The molecule has 0 unspecified atom stereocenters. The minimum Gasteiger partial charge on any atom is -0.431 e. The molecule has 0 radical (unpaired) electrons. The third-order valence-corrected chi connectivity index (χ3v) is 5.95. The maximum Gasteiger partial charge on any atom is 0.348 e. The first-order valence-electron chi connectivity index (χ1n) is 11.5. The van der Waals surface area contributed by atoms with Gasteiger partial charge in [-0.2, -0.15) is 5.26 Å². The Balaban J connectivity index is 1.25. The molecule has 2 aliphatic heterocycles. The Bertz CT molecular complexity index is 1410. The molecule has 0 fully saturated rings. The Labute approximate surface area is 208 Å². The molecule has 8 nitrogen and oxygen atoms in total. The van der Waals surface area contributed by atoms with Crippen molar-refractivity contribution in [2.45, 2.75) is 13.0 Å². The van der Waals surface area contributed by atoms with E-state index in [4.69, 9.17) is 10.00 Å². The predicted octanol–water partition coefficient (Wildman–Crippen LogP) is 4.25. The molecule has 0 bridgehead atoms. The molecule has 3 amide bonds. The smallest absolute Gasteiger partial charge is 0.348 e. The van der Waals surface area contributed by atoms with E-state index >= 15 is 0 Å². The fraction of sp³-hybridized carbons (Fsp3) is 0.143. The quantitative estimate of drug-likeness (QED) is 0.572. The molecule has 0 saturated carbocycles. The molecular weight excluding hydrogens is 454 g/mol. The van der Waals surface area contributed by atoms with Crippen LogP contribution in [0.5, 0.6) is 0 Å². The van der Waals surface area contributed by atoms with Gasteiger partial charge in [0, 0.05) is 25.3 Å². The zero-order chi connectivity index (χ0) is 24.9. The molecule has 3 aromatic rings. The number of hydrogen-bond donors (Lipinski definition) is 1. The van der Waals surface area contributed by atoms with Crippen molar-refractivity contribution >= 4 is 23.6 Å². The number of carbonyl (C=O) groups excluding carboxylic acids is 2. The second kappa shape index (κ2) is 10.2. The highest BCUT2D eigenvalue weighted by Crippen LogP contribution is 2.22. The van der Waals surface area contributed by atoms with Gasteiger partial charge in [-0.15, -0.1) is 4.99 Å². The summed E-state index contributed by atoms with van der Waals surface area (Å²) in [6, 6.07) is 26.6. The highest BCUT2D eigenvalue weighted by molar-refractivity contribution is 6.08. The van der Waals surface area contributed by atoms with E-state index in [-0.39, 0.29) is 17.6 Å². The van der Waals surface area contributed by atoms with Crippen molar-refractivity contribution in [3.8, 4) is 6.07 Å². The van der Waals surface area contributed by atoms with Crippen LogP contribution in [0, 0.1) is 11.3 Å². The molecule has 2 aliphatic rings. The van der Waals surface area contributed by atoms with Crippen LogP contribution in [0.15, 0.2) is 95.8 Å². The molecule has 0 aliphatic carbocycles. The molecule has 0 aromatic heterocycles. The SMILES string of the molecule is N#Cc1cccc(CN2CCN3C(C(=O)Nc4cccc(Cc5ccccc5)c4)=COC3=NC2=O)c1. The van der Waals surface area contributed by atoms with Gasteiger partial charge in [-0.05, 0) is 47.4 Å². The molecule has 0 saturated heterocycles. The lowest BCUT2D eigenvalue weighted by atomic mass is 10.0. The fourth-order valence-corrected chi connectivity index (χ4v) is 4.18. The van der Waals surface area contributed by atoms with Crippen molar-refractivity contribution in [2.24, 2.45) is 4.99 Å². The number of amidine groups is 1. The summed E-state index contributed by atoms with van der Waals surface area (Å²) in [5, 5.41) is 12.0. The van der Waals surface area contributed by atoms with Gasteiger partial charge in [-0.25, -0.2) is 4.79 Å². The molecule has 8 heteroatoms. The van der Waals surface area contributed by atoms with E-state index < -0.39 is 6.03 Å². The Morgan fingerprint density at radius 1 is 0.972 bits per heavy atom. The second-order valence-electron chi connectivity index (χ2n) is 8.50. The normalized spacial score (nSPS) is 14.7. The number of urea groups is 1. The maximum absolute atomic E-state index is 13.1. The van der Waals surface area contributed by atoms with Crippen LogP contribution in [0.3, 0.4) is 0 Å². The molecule has 2 heterocycles. The molecule has 0 atom stereocenters. The van der Waals surface area contributed by atoms with Crippen molar-refractivity contribution in [3.63, 3.8) is 0 Å². The number of rotatable bonds is 6. The Kier molecular flexibility index (Phi) is 6.45. The summed E-state index contributed by atoms with van der Waals surface area (Å²) in [6.07, 6.45) is 2.08. The summed E-state index contributed by atoms with van der Waals surface area (Å²) in [5.74, 6) is -0.348. The standard InChI is InChI=1S/C28H23N5O3/c29-17-22-9-4-10-23(15-22)18-32-12-13-33-25(19-36-28(33)31-27(32)35)26(34)30-24-11-5-8-21(16-24)14-20-6-2-1-3-7-20/h1-11,15-16,19H,12-14,18H2,(H,30,34). The highest BCUT2D eigenvalue weighted by Gasteiger charge is 2.33. The predicted molar refractivity (Wildman–Crippen MR) is 135 cm³/mol. The number of amides is 3. The van der Waals surface area contributed by atoms with Crippen LogP contribution in [-0.4, -0.2) is 40.8 Å². The van der Waals surface area contributed by atoms with Crippen LogP contribution in [0.25, 0.3) is 0 Å². The van der Waals surface area contributed by atoms with Gasteiger partial charge in [0.1, 0.15) is 12.0 Å². The lowest BCUT2D eigenvalue weighted by Crippen LogP contribution is -2.36. The topological polar surface area (TPSA) is 98.0 Å². The van der Waals surface area contributed by atoms with E-state index in [1.54, 1.807) is 28.0 Å². The van der Waals surface area contributed by atoms with Crippen LogP contribution in [0.1, 0.15) is 22.3 Å². The van der Waals surface area contributed by atoms with Crippen molar-refractivity contribution in [1.29, 1.82) is 5.26 Å². The number of aliphatic imine (C=N–C) groups is 1. The van der Waals surface area contributed by atoms with Gasteiger partial charge in [0.25, 0.3) is 5.91 Å². The first-order valence-corrected chi connectivity index (χ1v) is 11.5. The van der Waals surface area contributed by atoms with Gasteiger partial charge in [-0.3, -0.25) is 9.69 Å². The van der Waals surface area contributed by atoms with E-state index in [2.05, 4.69) is 28.5 Å². The molecular formula is C28H23N5O3. The minimum absolute atomic E-state index is 0.0799. The van der Waals surface area contributed by atoms with Crippen molar-refractivity contribution in [3.05, 3.63) is 113 Å². The van der Waals surface area contributed by atoms with E-state index in [0.717, 1.165) is 17.5 Å². The van der Waals surface area contributed by atoms with Crippen molar-refractivity contribution < 1.29 is 14.3 Å². The third-order valence-electron chi connectivity index (χ3n) is 5.95. The number of anilines is 1. The first kappa shape index (κ1) is 22.9. The van der Waals surface area contributed by atoms with Gasteiger partial charge in [0.2, 0.25) is 0 Å². The summed E-state index contributed by atoms with van der Waals surface area (Å²) < 4.78 is 5.48. The van der Waals surface area contributed by atoms with Crippen LogP contribution in [-0.2, 0) is 22.5 Å². The Hall–Kier alpha value is -4.90. The maximum atomic E-state index is 13.1. The monoisotopic (exact) mass is 477 g/mol. The summed E-state index contributed by atoms with van der Waals surface area (Å²) in [4.78, 5) is 33.0. The molecule has 0 spiro atoms. The van der Waals surface area contributed by atoms with E-state index in [9.17, 15) is 9.59 Å². The third kappa shape index (κ3) is 5.10. The average Bonchev–Trinajstić information content (AvgIpc) is 3.22. The van der Waals surface area contributed by atoms with Gasteiger partial charge in [-0.1, -0.05) is 54.6 Å². The number of nitrogens with zero attached hydrogens (tertiary/aromatic N) is 4. The van der Waals surface area contributed by atoms with Crippen molar-refractivity contribution in [1.82, 2.24) is 9.80 Å². The number of carbonyl (C=O) groups is 2. The van der Waals surface area contributed by atoms with Gasteiger partial charge < -0.3 is 15.0 Å². The Morgan fingerprint density at radius 2 is 1.75 bits per heavy atom. The van der Waals surface area contributed by atoms with E-state index in [0.29, 0.717) is 30.9 Å². The zero-order valence-electron chi connectivity index (χ0n) is 19.4. The zero-order valence-corrected chi connectivity index (χ0v) is 19.4.